The molecule has 1 aromatic rings. The average molecular weight is 302 g/mol. The number of alkyl halides is 1. The summed E-state index contributed by atoms with van der Waals surface area (Å²) >= 11 is 6.39. The first-order valence-electron chi connectivity index (χ1n) is 6.24. The number of benzene rings is 1. The first kappa shape index (κ1) is 16.6. The van der Waals surface area contributed by atoms with Crippen molar-refractivity contribution in [2.45, 2.75) is 11.8 Å². The zero-order valence-corrected chi connectivity index (χ0v) is 12.7. The summed E-state index contributed by atoms with van der Waals surface area (Å²) in [5.74, 6) is 0.551. The van der Waals surface area contributed by atoms with E-state index in [-0.39, 0.29) is 11.8 Å². The van der Waals surface area contributed by atoms with Crippen molar-refractivity contribution in [1.29, 1.82) is 0 Å². The van der Waals surface area contributed by atoms with Crippen LogP contribution in [0.15, 0.2) is 18.2 Å². The number of hydrogen-bond acceptors (Lipinski definition) is 4. The summed E-state index contributed by atoms with van der Waals surface area (Å²) in [4.78, 5) is 12.4. The first-order valence-corrected chi connectivity index (χ1v) is 6.68. The summed E-state index contributed by atoms with van der Waals surface area (Å²) in [5.41, 5.74) is 0.858. The number of ether oxygens (including phenoxy) is 2. The van der Waals surface area contributed by atoms with Gasteiger partial charge in [-0.15, -0.1) is 11.6 Å². The van der Waals surface area contributed by atoms with Gasteiger partial charge in [-0.1, -0.05) is 6.07 Å². The third-order valence-electron chi connectivity index (χ3n) is 2.96. The minimum Gasteiger partial charge on any atom is -0.497 e. The van der Waals surface area contributed by atoms with E-state index in [1.54, 1.807) is 20.3 Å². The van der Waals surface area contributed by atoms with Crippen LogP contribution in [0.2, 0.25) is 0 Å². The molecule has 112 valence electrons. The molecule has 0 fully saturated rings. The lowest BCUT2D eigenvalue weighted by molar-refractivity contribution is -0.137. The van der Waals surface area contributed by atoms with Crippen LogP contribution in [-0.2, 0) is 4.79 Å². The number of methoxy groups -OCH3 is 2. The number of likely N-dealkylation sites (N-methyl/N-ethyl adjacent to an activating group) is 1. The molecule has 0 amide bonds. The Morgan fingerprint density at radius 2 is 2.10 bits per heavy atom. The van der Waals surface area contributed by atoms with Crippen LogP contribution in [0.25, 0.3) is 0 Å². The fourth-order valence-corrected chi connectivity index (χ4v) is 2.24. The average Bonchev–Trinajstić information content (AvgIpc) is 2.44. The van der Waals surface area contributed by atoms with Gasteiger partial charge in [0, 0.05) is 24.7 Å². The van der Waals surface area contributed by atoms with Gasteiger partial charge >= 0.3 is 5.97 Å². The molecule has 1 unspecified atom stereocenters. The molecule has 0 aliphatic carbocycles. The van der Waals surface area contributed by atoms with Gasteiger partial charge in [-0.25, -0.2) is 0 Å². The van der Waals surface area contributed by atoms with Crippen LogP contribution in [0.3, 0.4) is 0 Å². The molecular formula is C14H20ClNO4. The van der Waals surface area contributed by atoms with E-state index in [4.69, 9.17) is 26.2 Å². The Morgan fingerprint density at radius 3 is 2.65 bits per heavy atom. The van der Waals surface area contributed by atoms with E-state index in [0.29, 0.717) is 24.6 Å². The molecule has 5 nitrogen and oxygen atoms in total. The van der Waals surface area contributed by atoms with Crippen LogP contribution in [0.5, 0.6) is 11.5 Å². The number of aliphatic carboxylic acids is 1. The van der Waals surface area contributed by atoms with E-state index in [2.05, 4.69) is 0 Å². The third-order valence-corrected chi connectivity index (χ3v) is 3.33. The third kappa shape index (κ3) is 4.90. The maximum absolute atomic E-state index is 10.5. The van der Waals surface area contributed by atoms with Crippen molar-refractivity contribution in [1.82, 2.24) is 4.90 Å². The Labute approximate surface area is 124 Å². The molecule has 0 saturated heterocycles. The highest BCUT2D eigenvalue weighted by atomic mass is 35.5. The Balaban J connectivity index is 2.71. The zero-order chi connectivity index (χ0) is 15.1. The molecule has 0 aromatic heterocycles. The number of carboxylic acids is 1. The molecule has 0 radical (unpaired) electrons. The quantitative estimate of drug-likeness (QED) is 0.747. The topological polar surface area (TPSA) is 59.0 Å². The monoisotopic (exact) mass is 301 g/mol. The fraction of sp³-hybridized carbons (Fsp3) is 0.500. The Hall–Kier alpha value is -1.46. The van der Waals surface area contributed by atoms with Crippen molar-refractivity contribution >= 4 is 17.6 Å². The molecule has 6 heteroatoms. The van der Waals surface area contributed by atoms with Gasteiger partial charge in [-0.05, 0) is 13.1 Å². The second-order valence-electron chi connectivity index (χ2n) is 4.48. The van der Waals surface area contributed by atoms with Gasteiger partial charge in [0.1, 0.15) is 11.5 Å². The van der Waals surface area contributed by atoms with Crippen LogP contribution in [0.1, 0.15) is 17.4 Å². The molecular weight excluding hydrogens is 282 g/mol. The van der Waals surface area contributed by atoms with Gasteiger partial charge in [0.25, 0.3) is 0 Å². The summed E-state index contributed by atoms with van der Waals surface area (Å²) in [6.45, 7) is 0.995. The van der Waals surface area contributed by atoms with E-state index in [0.717, 1.165) is 5.56 Å². The Bertz CT molecular complexity index is 453. The Kier molecular flexibility index (Phi) is 6.61. The number of carbonyl (C=O) groups is 1. The summed E-state index contributed by atoms with van der Waals surface area (Å²) in [5, 5.41) is 8.38. The maximum Gasteiger partial charge on any atom is 0.304 e. The van der Waals surface area contributed by atoms with Gasteiger partial charge in [0.2, 0.25) is 0 Å². The van der Waals surface area contributed by atoms with E-state index in [1.165, 1.54) is 0 Å². The molecule has 1 N–H and O–H groups in total. The lowest BCUT2D eigenvalue weighted by atomic mass is 10.1. The smallest absolute Gasteiger partial charge is 0.304 e. The van der Waals surface area contributed by atoms with Crippen molar-refractivity contribution in [2.75, 3.05) is 34.4 Å². The van der Waals surface area contributed by atoms with Crippen LogP contribution < -0.4 is 9.47 Å². The SMILES string of the molecule is COc1ccc(C(Cl)CN(C)CCC(=O)O)c(OC)c1. The number of nitrogens with zero attached hydrogens (tertiary/aromatic N) is 1. The number of hydrogen-bond donors (Lipinski definition) is 1. The molecule has 0 aliphatic heterocycles. The highest BCUT2D eigenvalue weighted by molar-refractivity contribution is 6.21. The Morgan fingerprint density at radius 1 is 1.40 bits per heavy atom. The minimum absolute atomic E-state index is 0.0971. The fourth-order valence-electron chi connectivity index (χ4n) is 1.83. The van der Waals surface area contributed by atoms with Crippen molar-refractivity contribution in [3.8, 4) is 11.5 Å². The first-order chi connectivity index (χ1) is 9.47. The molecule has 0 bridgehead atoms. The van der Waals surface area contributed by atoms with Crippen LogP contribution >= 0.6 is 11.6 Å². The van der Waals surface area contributed by atoms with Crippen molar-refractivity contribution in [3.05, 3.63) is 23.8 Å². The molecule has 0 heterocycles. The van der Waals surface area contributed by atoms with Gasteiger partial charge < -0.3 is 19.5 Å². The van der Waals surface area contributed by atoms with Gasteiger partial charge in [-0.3, -0.25) is 4.79 Å². The van der Waals surface area contributed by atoms with E-state index in [9.17, 15) is 4.79 Å². The second kappa shape index (κ2) is 7.97. The van der Waals surface area contributed by atoms with E-state index in [1.807, 2.05) is 24.1 Å². The summed E-state index contributed by atoms with van der Waals surface area (Å²) in [7, 11) is 5.01. The van der Waals surface area contributed by atoms with Crippen molar-refractivity contribution in [3.63, 3.8) is 0 Å². The predicted molar refractivity (Wildman–Crippen MR) is 77.9 cm³/mol. The molecule has 0 aliphatic rings. The lowest BCUT2D eigenvalue weighted by Gasteiger charge is -2.21. The minimum atomic E-state index is -0.815. The molecule has 1 rings (SSSR count). The number of rotatable bonds is 8. The van der Waals surface area contributed by atoms with Crippen LogP contribution in [-0.4, -0.2) is 50.3 Å². The highest BCUT2D eigenvalue weighted by Gasteiger charge is 2.16. The summed E-state index contributed by atoms with van der Waals surface area (Å²) in [6.07, 6.45) is 0.0971. The second-order valence-corrected chi connectivity index (χ2v) is 5.01. The van der Waals surface area contributed by atoms with Crippen molar-refractivity contribution in [2.24, 2.45) is 0 Å². The molecule has 1 atom stereocenters. The largest absolute Gasteiger partial charge is 0.497 e. The number of halogens is 1. The van der Waals surface area contributed by atoms with E-state index >= 15 is 0 Å². The summed E-state index contributed by atoms with van der Waals surface area (Å²) in [6, 6.07) is 5.47. The van der Waals surface area contributed by atoms with Crippen LogP contribution in [0.4, 0.5) is 0 Å². The van der Waals surface area contributed by atoms with Crippen molar-refractivity contribution < 1.29 is 19.4 Å². The predicted octanol–water partition coefficient (Wildman–Crippen LogP) is 2.39. The maximum atomic E-state index is 10.5. The summed E-state index contributed by atoms with van der Waals surface area (Å²) < 4.78 is 10.5. The number of carboxylic acid groups (broad SMARTS) is 1. The van der Waals surface area contributed by atoms with Gasteiger partial charge in [0.05, 0.1) is 26.0 Å². The normalized spacial score (nSPS) is 12.2. The van der Waals surface area contributed by atoms with Gasteiger partial charge in [0.15, 0.2) is 0 Å². The zero-order valence-electron chi connectivity index (χ0n) is 11.9. The molecule has 0 saturated carbocycles. The highest BCUT2D eigenvalue weighted by Crippen LogP contribution is 2.33. The van der Waals surface area contributed by atoms with Crippen LogP contribution in [0, 0.1) is 0 Å². The molecule has 1 aromatic carbocycles. The standard InChI is InChI=1S/C14H20ClNO4/c1-16(7-6-14(17)18)9-12(15)11-5-4-10(19-2)8-13(11)20-3/h4-5,8,12H,6-7,9H2,1-3H3,(H,17,18). The molecule has 20 heavy (non-hydrogen) atoms. The van der Waals surface area contributed by atoms with E-state index < -0.39 is 5.97 Å². The lowest BCUT2D eigenvalue weighted by Crippen LogP contribution is -2.25. The van der Waals surface area contributed by atoms with Gasteiger partial charge in [-0.2, -0.15) is 0 Å². The molecule has 0 spiro atoms.